The van der Waals surface area contributed by atoms with Crippen molar-refractivity contribution in [3.63, 3.8) is 0 Å². The van der Waals surface area contributed by atoms with Crippen LogP contribution in [-0.2, 0) is 14.3 Å². The third-order valence-electron chi connectivity index (χ3n) is 3.01. The quantitative estimate of drug-likeness (QED) is 0.616. The summed E-state index contributed by atoms with van der Waals surface area (Å²) in [5.41, 5.74) is 0.797. The monoisotopic (exact) mass is 315 g/mol. The average Bonchev–Trinajstić information content (AvgIpc) is 3.15. The molecule has 2 aliphatic rings. The highest BCUT2D eigenvalue weighted by molar-refractivity contribution is 8.14. The molecule has 0 N–H and O–H groups in total. The molecule has 2 heterocycles. The minimum Gasteiger partial charge on any atom is -0.402 e. The zero-order valence-electron chi connectivity index (χ0n) is 11.9. The number of cyclic esters (lactones) is 1. The van der Waals surface area contributed by atoms with E-state index in [0.29, 0.717) is 17.3 Å². The highest BCUT2D eigenvalue weighted by atomic mass is 32.2. The van der Waals surface area contributed by atoms with Crippen LogP contribution in [-0.4, -0.2) is 40.1 Å². The van der Waals surface area contributed by atoms with E-state index in [1.54, 1.807) is 12.1 Å². The molecule has 2 aliphatic heterocycles. The van der Waals surface area contributed by atoms with Crippen LogP contribution in [0, 0.1) is 0 Å². The number of ether oxygens (including phenoxy) is 1. The average molecular weight is 315 g/mol. The first-order chi connectivity index (χ1) is 10.6. The summed E-state index contributed by atoms with van der Waals surface area (Å²) < 4.78 is 5.16. The predicted molar refractivity (Wildman–Crippen MR) is 84.4 cm³/mol. The fourth-order valence-electron chi connectivity index (χ4n) is 1.98. The van der Waals surface area contributed by atoms with Gasteiger partial charge in [0.05, 0.1) is 6.54 Å². The molecule has 0 aromatic heterocycles. The molecule has 0 bridgehead atoms. The molecule has 0 radical (unpaired) electrons. The number of nitrogens with zero attached hydrogens (tertiary/aromatic N) is 3. The Hall–Kier alpha value is -2.41. The smallest absolute Gasteiger partial charge is 0.365 e. The van der Waals surface area contributed by atoms with Crippen LogP contribution >= 0.6 is 11.8 Å². The van der Waals surface area contributed by atoms with Gasteiger partial charge in [0.2, 0.25) is 11.8 Å². The van der Waals surface area contributed by atoms with E-state index in [9.17, 15) is 9.59 Å². The molecule has 0 aliphatic carbocycles. The summed E-state index contributed by atoms with van der Waals surface area (Å²) >= 11 is 1.47. The summed E-state index contributed by atoms with van der Waals surface area (Å²) in [6, 6.07) is 9.13. The molecule has 1 amide bonds. The summed E-state index contributed by atoms with van der Waals surface area (Å²) in [7, 11) is 0. The number of carbonyl (C=O) groups is 2. The van der Waals surface area contributed by atoms with Gasteiger partial charge in [-0.3, -0.25) is 14.7 Å². The fourth-order valence-corrected chi connectivity index (χ4v) is 2.84. The third kappa shape index (κ3) is 2.94. The number of esters is 1. The van der Waals surface area contributed by atoms with Gasteiger partial charge < -0.3 is 4.74 Å². The first kappa shape index (κ1) is 14.5. The van der Waals surface area contributed by atoms with Crippen molar-refractivity contribution in [3.05, 3.63) is 47.8 Å². The van der Waals surface area contributed by atoms with Crippen molar-refractivity contribution in [3.8, 4) is 0 Å². The van der Waals surface area contributed by atoms with Crippen molar-refractivity contribution in [2.45, 2.75) is 6.92 Å². The van der Waals surface area contributed by atoms with Gasteiger partial charge in [0.25, 0.3) is 0 Å². The largest absolute Gasteiger partial charge is 0.402 e. The van der Waals surface area contributed by atoms with Crippen molar-refractivity contribution in [1.82, 2.24) is 4.90 Å². The Morgan fingerprint density at radius 2 is 2.14 bits per heavy atom. The summed E-state index contributed by atoms with van der Waals surface area (Å²) in [6.07, 6.45) is 1.39. The molecule has 0 saturated carbocycles. The maximum absolute atomic E-state index is 11.9. The second-order valence-corrected chi connectivity index (χ2v) is 5.65. The van der Waals surface area contributed by atoms with Gasteiger partial charge in [0, 0.05) is 24.4 Å². The van der Waals surface area contributed by atoms with Gasteiger partial charge in [-0.25, -0.2) is 9.79 Å². The Morgan fingerprint density at radius 1 is 1.36 bits per heavy atom. The van der Waals surface area contributed by atoms with Gasteiger partial charge in [0.15, 0.2) is 10.9 Å². The number of amidine groups is 1. The Balaban J connectivity index is 1.91. The van der Waals surface area contributed by atoms with Crippen LogP contribution in [0.25, 0.3) is 0 Å². The molecule has 3 rings (SSSR count). The maximum Gasteiger partial charge on any atom is 0.365 e. The minimum absolute atomic E-state index is 0.0873. The number of rotatable bonds is 2. The van der Waals surface area contributed by atoms with E-state index in [4.69, 9.17) is 4.74 Å². The van der Waals surface area contributed by atoms with E-state index in [-0.39, 0.29) is 17.5 Å². The third-order valence-corrected chi connectivity index (χ3v) is 3.98. The SMILES string of the molecule is CC(=O)N(/C=C1\N=C(c2ccccc2)OC1=O)C1=NCCS1. The van der Waals surface area contributed by atoms with Crippen LogP contribution in [0.15, 0.2) is 52.2 Å². The molecule has 1 aromatic carbocycles. The van der Waals surface area contributed by atoms with Crippen LogP contribution in [0.3, 0.4) is 0 Å². The Bertz CT molecular complexity index is 710. The molecular weight excluding hydrogens is 302 g/mol. The summed E-state index contributed by atoms with van der Waals surface area (Å²) in [5, 5.41) is 0.580. The molecule has 1 aromatic rings. The van der Waals surface area contributed by atoms with Crippen LogP contribution in [0.1, 0.15) is 12.5 Å². The highest BCUT2D eigenvalue weighted by Crippen LogP contribution is 2.21. The number of hydrogen-bond donors (Lipinski definition) is 0. The molecule has 7 heteroatoms. The zero-order chi connectivity index (χ0) is 15.5. The normalized spacial score (nSPS) is 19.0. The van der Waals surface area contributed by atoms with Crippen LogP contribution in [0.5, 0.6) is 0 Å². The van der Waals surface area contributed by atoms with Crippen LogP contribution in [0.2, 0.25) is 0 Å². The van der Waals surface area contributed by atoms with E-state index in [1.165, 1.54) is 29.8 Å². The Labute approximate surface area is 131 Å². The Kier molecular flexibility index (Phi) is 4.06. The summed E-state index contributed by atoms with van der Waals surface area (Å²) in [4.78, 5) is 33.5. The first-order valence-electron chi connectivity index (χ1n) is 6.70. The predicted octanol–water partition coefficient (Wildman–Crippen LogP) is 1.78. The Morgan fingerprint density at radius 3 is 2.77 bits per heavy atom. The van der Waals surface area contributed by atoms with Crippen LogP contribution in [0.4, 0.5) is 0 Å². The molecule has 0 saturated heterocycles. The number of hydrogen-bond acceptors (Lipinski definition) is 6. The molecule has 6 nitrogen and oxygen atoms in total. The molecular formula is C15H13N3O3S. The van der Waals surface area contributed by atoms with Crippen molar-refractivity contribution in [2.75, 3.05) is 12.3 Å². The summed E-state index contributed by atoms with van der Waals surface area (Å²) in [6.45, 7) is 2.08. The van der Waals surface area contributed by atoms with E-state index in [1.807, 2.05) is 18.2 Å². The topological polar surface area (TPSA) is 71.3 Å². The number of carbonyl (C=O) groups excluding carboxylic acids is 2. The molecule has 0 spiro atoms. The lowest BCUT2D eigenvalue weighted by Gasteiger charge is -2.14. The number of amides is 1. The van der Waals surface area contributed by atoms with Gasteiger partial charge in [-0.05, 0) is 12.1 Å². The maximum atomic E-state index is 11.9. The van der Waals surface area contributed by atoms with Crippen molar-refractivity contribution < 1.29 is 14.3 Å². The van der Waals surface area contributed by atoms with Gasteiger partial charge in [0.1, 0.15) is 0 Å². The van der Waals surface area contributed by atoms with E-state index in [2.05, 4.69) is 9.98 Å². The van der Waals surface area contributed by atoms with Gasteiger partial charge in [-0.15, -0.1) is 0 Å². The van der Waals surface area contributed by atoms with E-state index < -0.39 is 5.97 Å². The van der Waals surface area contributed by atoms with Crippen LogP contribution < -0.4 is 0 Å². The van der Waals surface area contributed by atoms with Crippen molar-refractivity contribution in [2.24, 2.45) is 9.98 Å². The van der Waals surface area contributed by atoms with E-state index >= 15 is 0 Å². The zero-order valence-corrected chi connectivity index (χ0v) is 12.7. The molecule has 22 heavy (non-hydrogen) atoms. The lowest BCUT2D eigenvalue weighted by molar-refractivity contribution is -0.130. The standard InChI is InChI=1S/C15H13N3O3S/c1-10(19)18(15-16-7-8-22-15)9-12-14(20)21-13(17-12)11-5-3-2-4-6-11/h2-6,9H,7-8H2,1H3/b12-9-. The minimum atomic E-state index is -0.575. The van der Waals surface area contributed by atoms with Crippen molar-refractivity contribution in [1.29, 1.82) is 0 Å². The lowest BCUT2D eigenvalue weighted by atomic mass is 10.2. The van der Waals surface area contributed by atoms with E-state index in [0.717, 1.165) is 5.75 Å². The molecule has 0 fully saturated rings. The number of thioether (sulfide) groups is 1. The van der Waals surface area contributed by atoms with Gasteiger partial charge in [-0.1, -0.05) is 30.0 Å². The second-order valence-electron chi connectivity index (χ2n) is 4.59. The first-order valence-corrected chi connectivity index (χ1v) is 7.69. The summed E-state index contributed by atoms with van der Waals surface area (Å²) in [5.74, 6) is 0.262. The van der Waals surface area contributed by atoms with Crippen molar-refractivity contribution >= 4 is 34.7 Å². The number of benzene rings is 1. The lowest BCUT2D eigenvalue weighted by Crippen LogP contribution is -2.28. The van der Waals surface area contributed by atoms with Gasteiger partial charge in [-0.2, -0.15) is 0 Å². The number of aliphatic imine (C=N–C) groups is 2. The highest BCUT2D eigenvalue weighted by Gasteiger charge is 2.27. The molecule has 0 atom stereocenters. The fraction of sp³-hybridized carbons (Fsp3) is 0.200. The van der Waals surface area contributed by atoms with Gasteiger partial charge >= 0.3 is 5.97 Å². The molecule has 112 valence electrons. The second kappa shape index (κ2) is 6.15. The molecule has 0 unspecified atom stereocenters.